The van der Waals surface area contributed by atoms with Gasteiger partial charge in [-0.1, -0.05) is 47.1 Å². The average molecular weight is 720 g/mol. The SMILES string of the molecule is C[C@@H]1[C@@H]([Si](C)(C)O)[C@H](CC(=O)N2CCC[C@H]2CO)O[C@@]12C(=O)N(Cc1ccc(-n3[nH]c4ccccc4c3=O)cc1)c1ccc(Br)cc12. The van der Waals surface area contributed by atoms with Crippen molar-refractivity contribution in [2.24, 2.45) is 5.92 Å². The Bertz CT molecular complexity index is 1920. The number of aliphatic hydroxyl groups excluding tert-OH is 1. The highest BCUT2D eigenvalue weighted by atomic mass is 79.9. The van der Waals surface area contributed by atoms with Crippen molar-refractivity contribution >= 4 is 52.7 Å². The predicted octanol–water partition coefficient (Wildman–Crippen LogP) is 4.80. The van der Waals surface area contributed by atoms with E-state index in [2.05, 4.69) is 21.0 Å². The van der Waals surface area contributed by atoms with Crippen molar-refractivity contribution in [3.8, 4) is 5.69 Å². The second kappa shape index (κ2) is 11.8. The van der Waals surface area contributed by atoms with E-state index in [0.29, 0.717) is 17.6 Å². The van der Waals surface area contributed by atoms with Gasteiger partial charge in [-0.15, -0.1) is 0 Å². The maximum absolute atomic E-state index is 14.7. The first-order valence-electron chi connectivity index (χ1n) is 16.2. The summed E-state index contributed by atoms with van der Waals surface area (Å²) in [6.45, 7) is 6.42. The third-order valence-corrected chi connectivity index (χ3v) is 13.4. The zero-order valence-corrected chi connectivity index (χ0v) is 29.2. The fraction of sp³-hybridized carbons (Fsp3) is 0.400. The van der Waals surface area contributed by atoms with E-state index in [9.17, 15) is 24.3 Å². The number of aromatic nitrogens is 2. The molecule has 3 N–H and O–H groups in total. The fourth-order valence-electron chi connectivity index (χ4n) is 8.22. The van der Waals surface area contributed by atoms with Crippen molar-refractivity contribution < 1.29 is 24.2 Å². The van der Waals surface area contributed by atoms with E-state index in [0.717, 1.165) is 39.6 Å². The van der Waals surface area contributed by atoms with Crippen LogP contribution < -0.4 is 10.5 Å². The molecule has 10 nitrogen and oxygen atoms in total. The van der Waals surface area contributed by atoms with Gasteiger partial charge in [0, 0.05) is 28.0 Å². The van der Waals surface area contributed by atoms with E-state index in [-0.39, 0.29) is 48.5 Å². The van der Waals surface area contributed by atoms with Crippen LogP contribution in [0, 0.1) is 5.92 Å². The molecule has 0 radical (unpaired) electrons. The molecule has 0 aliphatic carbocycles. The summed E-state index contributed by atoms with van der Waals surface area (Å²) in [4.78, 5) is 56.4. The van der Waals surface area contributed by atoms with E-state index >= 15 is 0 Å². The molecule has 47 heavy (non-hydrogen) atoms. The molecule has 2 fully saturated rings. The minimum atomic E-state index is -2.95. The number of likely N-dealkylation sites (tertiary alicyclic amines) is 1. The number of aliphatic hydroxyl groups is 1. The molecule has 3 aliphatic rings. The Labute approximate surface area is 282 Å². The molecule has 0 saturated carbocycles. The van der Waals surface area contributed by atoms with E-state index in [1.54, 1.807) is 15.9 Å². The topological polar surface area (TPSA) is 128 Å². The lowest BCUT2D eigenvalue weighted by atomic mass is 9.82. The van der Waals surface area contributed by atoms with Crippen LogP contribution in [0.2, 0.25) is 18.6 Å². The maximum Gasteiger partial charge on any atom is 0.279 e. The van der Waals surface area contributed by atoms with Gasteiger partial charge in [0.15, 0.2) is 13.9 Å². The molecule has 246 valence electrons. The third-order valence-electron chi connectivity index (χ3n) is 10.4. The first-order valence-corrected chi connectivity index (χ1v) is 20.0. The number of ether oxygens (including phenoxy) is 1. The number of hydrogen-bond acceptors (Lipinski definition) is 6. The largest absolute Gasteiger partial charge is 0.432 e. The second-order valence-electron chi connectivity index (χ2n) is 13.6. The highest BCUT2D eigenvalue weighted by Gasteiger charge is 2.66. The van der Waals surface area contributed by atoms with Crippen molar-refractivity contribution in [3.05, 3.63) is 92.7 Å². The van der Waals surface area contributed by atoms with Crippen LogP contribution in [0.5, 0.6) is 0 Å². The Morgan fingerprint density at radius 1 is 1.11 bits per heavy atom. The van der Waals surface area contributed by atoms with Crippen LogP contribution in [0.15, 0.2) is 76.0 Å². The van der Waals surface area contributed by atoms with Crippen molar-refractivity contribution in [2.75, 3.05) is 18.1 Å². The van der Waals surface area contributed by atoms with E-state index < -0.39 is 25.9 Å². The molecule has 5 atom stereocenters. The number of para-hydroxylation sites is 1. The van der Waals surface area contributed by atoms with Crippen molar-refractivity contribution in [1.29, 1.82) is 0 Å². The molecular formula is C35H39BrN4O6Si. The molecule has 0 unspecified atom stereocenters. The Balaban J connectivity index is 1.21. The molecule has 1 spiro atoms. The van der Waals surface area contributed by atoms with Gasteiger partial charge in [-0.3, -0.25) is 19.5 Å². The summed E-state index contributed by atoms with van der Waals surface area (Å²) in [5, 5.41) is 13.6. The Morgan fingerprint density at radius 2 is 1.85 bits per heavy atom. The first-order chi connectivity index (χ1) is 22.4. The normalized spacial score (nSPS) is 25.8. The van der Waals surface area contributed by atoms with Crippen LogP contribution in [-0.4, -0.2) is 70.0 Å². The molecule has 2 amide bonds. The number of nitrogens with zero attached hydrogens (tertiary/aromatic N) is 3. The number of amides is 2. The average Bonchev–Trinajstić information content (AvgIpc) is 3.78. The van der Waals surface area contributed by atoms with Gasteiger partial charge in [-0.2, -0.15) is 0 Å². The fourth-order valence-corrected chi connectivity index (χ4v) is 11.1. The van der Waals surface area contributed by atoms with Gasteiger partial charge in [-0.25, -0.2) is 4.68 Å². The maximum atomic E-state index is 14.7. The first kappa shape index (κ1) is 32.0. The Kier molecular flexibility index (Phi) is 8.07. The molecule has 1 aromatic heterocycles. The summed E-state index contributed by atoms with van der Waals surface area (Å²) in [5.74, 6) is -0.743. The van der Waals surface area contributed by atoms with Crippen LogP contribution in [0.25, 0.3) is 16.6 Å². The summed E-state index contributed by atoms with van der Waals surface area (Å²) in [6.07, 6.45) is 0.969. The van der Waals surface area contributed by atoms with Gasteiger partial charge in [0.25, 0.3) is 11.5 Å². The summed E-state index contributed by atoms with van der Waals surface area (Å²) in [7, 11) is -2.95. The molecular weight excluding hydrogens is 680 g/mol. The lowest BCUT2D eigenvalue weighted by Crippen LogP contribution is -2.46. The molecule has 12 heteroatoms. The van der Waals surface area contributed by atoms with Gasteiger partial charge in [-0.05, 0) is 74.0 Å². The smallest absolute Gasteiger partial charge is 0.279 e. The van der Waals surface area contributed by atoms with E-state index in [1.165, 1.54) is 4.68 Å². The number of benzene rings is 3. The van der Waals surface area contributed by atoms with E-state index in [4.69, 9.17) is 4.74 Å². The van der Waals surface area contributed by atoms with Crippen LogP contribution >= 0.6 is 15.9 Å². The van der Waals surface area contributed by atoms with Crippen LogP contribution in [0.4, 0.5) is 5.69 Å². The quantitative estimate of drug-likeness (QED) is 0.236. The number of aromatic amines is 1. The van der Waals surface area contributed by atoms with Crippen LogP contribution in [0.1, 0.15) is 37.3 Å². The van der Waals surface area contributed by atoms with Gasteiger partial charge < -0.3 is 24.4 Å². The van der Waals surface area contributed by atoms with Crippen molar-refractivity contribution in [1.82, 2.24) is 14.7 Å². The summed E-state index contributed by atoms with van der Waals surface area (Å²) < 4.78 is 9.16. The number of halogens is 1. The number of fused-ring (bicyclic) bond motifs is 3. The number of nitrogens with one attached hydrogen (secondary N) is 1. The number of carbonyl (C=O) groups is 2. The highest BCUT2D eigenvalue weighted by Crippen LogP contribution is 2.60. The lowest BCUT2D eigenvalue weighted by Gasteiger charge is -2.32. The minimum Gasteiger partial charge on any atom is -0.432 e. The number of H-pyrrole nitrogens is 1. The van der Waals surface area contributed by atoms with Crippen molar-refractivity contribution in [3.63, 3.8) is 0 Å². The van der Waals surface area contributed by atoms with Crippen LogP contribution in [0.3, 0.4) is 0 Å². The Morgan fingerprint density at radius 3 is 2.55 bits per heavy atom. The van der Waals surface area contributed by atoms with E-state index in [1.807, 2.05) is 80.7 Å². The number of anilines is 1. The van der Waals surface area contributed by atoms with Crippen LogP contribution in [-0.2, 0) is 26.5 Å². The predicted molar refractivity (Wildman–Crippen MR) is 185 cm³/mol. The standard InChI is InChI=1S/C35H39BrN4O6Si/c1-21-32(47(2,3)45)30(18-31(42)38-16-6-7-25(38)20-41)46-35(21)27-17-23(36)12-15-29(27)39(34(35)44)19-22-10-13-24(14-11-22)40-33(43)26-8-4-5-9-28(26)37-40/h4-5,8-15,17,21,25,30,32,37,41,45H,6-7,16,18-20H2,1-3H3/t21-,25+,30+,32-,35+/m1/s1. The zero-order valence-electron chi connectivity index (χ0n) is 26.6. The molecule has 4 aromatic rings. The second-order valence-corrected chi connectivity index (χ2v) is 18.5. The number of carbonyl (C=O) groups excluding carboxylic acids is 2. The highest BCUT2D eigenvalue weighted by molar-refractivity contribution is 9.10. The Hall–Kier alpha value is -3.55. The number of rotatable bonds is 7. The monoisotopic (exact) mass is 718 g/mol. The molecule has 4 heterocycles. The molecule has 2 saturated heterocycles. The van der Waals surface area contributed by atoms with Gasteiger partial charge in [0.1, 0.15) is 0 Å². The molecule has 3 aromatic carbocycles. The third kappa shape index (κ3) is 5.21. The summed E-state index contributed by atoms with van der Waals surface area (Å²) in [6, 6.07) is 20.4. The lowest BCUT2D eigenvalue weighted by molar-refractivity contribution is -0.150. The number of hydrogen-bond donors (Lipinski definition) is 3. The zero-order chi connectivity index (χ0) is 33.2. The summed E-state index contributed by atoms with van der Waals surface area (Å²) >= 11 is 3.60. The van der Waals surface area contributed by atoms with Crippen molar-refractivity contribution in [2.45, 2.75) is 69.1 Å². The van der Waals surface area contributed by atoms with Gasteiger partial charge in [0.2, 0.25) is 5.91 Å². The van der Waals surface area contributed by atoms with Gasteiger partial charge in [0.05, 0.1) is 54.0 Å². The minimum absolute atomic E-state index is 0.0372. The summed E-state index contributed by atoms with van der Waals surface area (Å²) in [5.41, 5.74) is 1.86. The molecule has 7 rings (SSSR count). The molecule has 0 bridgehead atoms. The molecule has 3 aliphatic heterocycles. The van der Waals surface area contributed by atoms with Gasteiger partial charge >= 0.3 is 0 Å².